The summed E-state index contributed by atoms with van der Waals surface area (Å²) in [4.78, 5) is 2.81. The number of hydrogen-bond donors (Lipinski definition) is 1. The molecule has 0 fully saturated rings. The molecular weight excluding hydrogens is 242 g/mol. The van der Waals surface area contributed by atoms with Crippen molar-refractivity contribution in [2.45, 2.75) is 39.7 Å². The van der Waals surface area contributed by atoms with Crippen LogP contribution < -0.4 is 5.32 Å². The van der Waals surface area contributed by atoms with Crippen LogP contribution >= 0.6 is 11.3 Å². The zero-order chi connectivity index (χ0) is 13.0. The third kappa shape index (κ3) is 3.03. The molecule has 0 aromatic carbocycles. The van der Waals surface area contributed by atoms with Gasteiger partial charge in [0.25, 0.3) is 0 Å². The van der Waals surface area contributed by atoms with E-state index in [9.17, 15) is 0 Å². The molecule has 0 aliphatic rings. The van der Waals surface area contributed by atoms with Gasteiger partial charge in [-0.15, -0.1) is 11.3 Å². The van der Waals surface area contributed by atoms with Crippen LogP contribution in [0.25, 0.3) is 0 Å². The molecule has 2 rings (SSSR count). The third-order valence-electron chi connectivity index (χ3n) is 3.00. The summed E-state index contributed by atoms with van der Waals surface area (Å²) in [7, 11) is 0. The summed E-state index contributed by atoms with van der Waals surface area (Å²) in [5.74, 6) is 0.973. The minimum absolute atomic E-state index is 0.271. The molecule has 1 atom stereocenters. The average molecular weight is 263 g/mol. The smallest absolute Gasteiger partial charge is 0.101 e. The monoisotopic (exact) mass is 263 g/mol. The average Bonchev–Trinajstić information content (AvgIpc) is 2.99. The van der Waals surface area contributed by atoms with Gasteiger partial charge in [-0.3, -0.25) is 0 Å². The molecule has 18 heavy (non-hydrogen) atoms. The lowest BCUT2D eigenvalue weighted by atomic mass is 10.1. The fourth-order valence-electron chi connectivity index (χ4n) is 2.03. The number of thiophene rings is 1. The van der Waals surface area contributed by atoms with Gasteiger partial charge in [-0.05, 0) is 44.5 Å². The molecule has 2 aromatic heterocycles. The van der Waals surface area contributed by atoms with Crippen molar-refractivity contribution in [2.75, 3.05) is 6.54 Å². The molecule has 1 N–H and O–H groups in total. The third-order valence-corrected chi connectivity index (χ3v) is 4.29. The van der Waals surface area contributed by atoms with Crippen molar-refractivity contribution < 1.29 is 4.42 Å². The number of hydrogen-bond acceptors (Lipinski definition) is 3. The van der Waals surface area contributed by atoms with Crippen LogP contribution in [0.4, 0.5) is 0 Å². The maximum Gasteiger partial charge on any atom is 0.101 e. The van der Waals surface area contributed by atoms with Crippen molar-refractivity contribution >= 4 is 11.3 Å². The molecule has 0 saturated carbocycles. The zero-order valence-corrected chi connectivity index (χ0v) is 12.1. The Morgan fingerprint density at radius 1 is 1.33 bits per heavy atom. The minimum Gasteiger partial charge on any atom is -0.469 e. The molecule has 98 valence electrons. The van der Waals surface area contributed by atoms with Crippen LogP contribution in [-0.4, -0.2) is 6.54 Å². The SMILES string of the molecule is CCCNC(c1coc(C)c1)c1ccc(CC)s1. The first-order valence-electron chi connectivity index (χ1n) is 6.61. The molecule has 0 aliphatic carbocycles. The Kier molecular flexibility index (Phi) is 4.61. The van der Waals surface area contributed by atoms with Crippen molar-refractivity contribution in [2.24, 2.45) is 0 Å². The number of rotatable bonds is 6. The Morgan fingerprint density at radius 2 is 2.17 bits per heavy atom. The lowest BCUT2D eigenvalue weighted by Crippen LogP contribution is -2.21. The second kappa shape index (κ2) is 6.21. The van der Waals surface area contributed by atoms with Gasteiger partial charge in [-0.2, -0.15) is 0 Å². The predicted molar refractivity (Wildman–Crippen MR) is 77.3 cm³/mol. The molecule has 2 heterocycles. The quantitative estimate of drug-likeness (QED) is 0.840. The highest BCUT2D eigenvalue weighted by molar-refractivity contribution is 7.12. The second-order valence-corrected chi connectivity index (χ2v) is 5.74. The molecule has 2 aromatic rings. The molecule has 0 radical (unpaired) electrons. The summed E-state index contributed by atoms with van der Waals surface area (Å²) in [6, 6.07) is 6.86. The van der Waals surface area contributed by atoms with Gasteiger partial charge in [0.1, 0.15) is 5.76 Å². The van der Waals surface area contributed by atoms with Gasteiger partial charge in [0.15, 0.2) is 0 Å². The lowest BCUT2D eigenvalue weighted by molar-refractivity contribution is 0.524. The van der Waals surface area contributed by atoms with Crippen molar-refractivity contribution in [3.63, 3.8) is 0 Å². The zero-order valence-electron chi connectivity index (χ0n) is 11.3. The maximum atomic E-state index is 5.44. The van der Waals surface area contributed by atoms with E-state index in [0.717, 1.165) is 25.1 Å². The molecule has 0 amide bonds. The molecule has 1 unspecified atom stereocenters. The first-order chi connectivity index (χ1) is 8.74. The van der Waals surface area contributed by atoms with E-state index in [1.165, 1.54) is 15.3 Å². The summed E-state index contributed by atoms with van der Waals surface area (Å²) in [5.41, 5.74) is 1.23. The highest BCUT2D eigenvalue weighted by atomic mass is 32.1. The molecule has 0 saturated heterocycles. The second-order valence-electron chi connectivity index (χ2n) is 4.54. The topological polar surface area (TPSA) is 25.2 Å². The van der Waals surface area contributed by atoms with E-state index >= 15 is 0 Å². The van der Waals surface area contributed by atoms with Crippen LogP contribution in [-0.2, 0) is 6.42 Å². The van der Waals surface area contributed by atoms with Crippen LogP contribution in [0.3, 0.4) is 0 Å². The number of furan rings is 1. The number of aryl methyl sites for hydroxylation is 2. The van der Waals surface area contributed by atoms with Crippen molar-refractivity contribution in [1.82, 2.24) is 5.32 Å². The molecule has 2 nitrogen and oxygen atoms in total. The standard InChI is InChI=1S/C15H21NOS/c1-4-8-16-15(12-9-11(3)17-10-12)14-7-6-13(5-2)18-14/h6-7,9-10,15-16H,4-5,8H2,1-3H3. The summed E-state index contributed by atoms with van der Waals surface area (Å²) in [6.45, 7) is 7.41. The summed E-state index contributed by atoms with van der Waals surface area (Å²) >= 11 is 1.89. The highest BCUT2D eigenvalue weighted by Gasteiger charge is 2.17. The van der Waals surface area contributed by atoms with Gasteiger partial charge in [0, 0.05) is 15.3 Å². The van der Waals surface area contributed by atoms with E-state index in [2.05, 4.69) is 37.4 Å². The normalized spacial score (nSPS) is 12.8. The van der Waals surface area contributed by atoms with E-state index in [0.29, 0.717) is 0 Å². The highest BCUT2D eigenvalue weighted by Crippen LogP contribution is 2.29. The number of nitrogens with one attached hydrogen (secondary N) is 1. The van der Waals surface area contributed by atoms with Crippen molar-refractivity contribution in [1.29, 1.82) is 0 Å². The van der Waals surface area contributed by atoms with Gasteiger partial charge in [-0.25, -0.2) is 0 Å². The molecule has 0 bridgehead atoms. The lowest BCUT2D eigenvalue weighted by Gasteiger charge is -2.15. The van der Waals surface area contributed by atoms with Crippen molar-refractivity contribution in [3.8, 4) is 0 Å². The first kappa shape index (κ1) is 13.4. The summed E-state index contributed by atoms with van der Waals surface area (Å²) in [5, 5.41) is 3.60. The van der Waals surface area contributed by atoms with Crippen LogP contribution in [0.2, 0.25) is 0 Å². The summed E-state index contributed by atoms with van der Waals surface area (Å²) in [6.07, 6.45) is 4.11. The minimum atomic E-state index is 0.271. The summed E-state index contributed by atoms with van der Waals surface area (Å²) < 4.78 is 5.44. The van der Waals surface area contributed by atoms with Crippen LogP contribution in [0, 0.1) is 6.92 Å². The Hall–Kier alpha value is -1.06. The van der Waals surface area contributed by atoms with Gasteiger partial charge in [0.05, 0.1) is 12.3 Å². The predicted octanol–water partition coefficient (Wildman–Crippen LogP) is 4.30. The molecule has 0 spiro atoms. The fourth-order valence-corrected chi connectivity index (χ4v) is 3.08. The Bertz CT molecular complexity index is 486. The van der Waals surface area contributed by atoms with E-state index in [1.54, 1.807) is 0 Å². The first-order valence-corrected chi connectivity index (χ1v) is 7.43. The van der Waals surface area contributed by atoms with Gasteiger partial charge >= 0.3 is 0 Å². The van der Waals surface area contributed by atoms with Gasteiger partial charge < -0.3 is 9.73 Å². The van der Waals surface area contributed by atoms with Crippen LogP contribution in [0.1, 0.15) is 47.4 Å². The maximum absolute atomic E-state index is 5.44. The van der Waals surface area contributed by atoms with Gasteiger partial charge in [-0.1, -0.05) is 13.8 Å². The fraction of sp³-hybridized carbons (Fsp3) is 0.467. The molecular formula is C15H21NOS. The van der Waals surface area contributed by atoms with E-state index < -0.39 is 0 Å². The van der Waals surface area contributed by atoms with Gasteiger partial charge in [0.2, 0.25) is 0 Å². The largest absolute Gasteiger partial charge is 0.469 e. The Balaban J connectivity index is 2.24. The van der Waals surface area contributed by atoms with E-state index in [-0.39, 0.29) is 6.04 Å². The molecule has 3 heteroatoms. The Labute approximate surface area is 113 Å². The van der Waals surface area contributed by atoms with Crippen LogP contribution in [0.15, 0.2) is 28.9 Å². The van der Waals surface area contributed by atoms with Crippen molar-refractivity contribution in [3.05, 3.63) is 45.5 Å². The van der Waals surface area contributed by atoms with Crippen LogP contribution in [0.5, 0.6) is 0 Å². The Morgan fingerprint density at radius 3 is 2.72 bits per heavy atom. The van der Waals surface area contributed by atoms with E-state index in [1.807, 2.05) is 24.5 Å². The molecule has 0 aliphatic heterocycles. The van der Waals surface area contributed by atoms with E-state index in [4.69, 9.17) is 4.42 Å².